The molecule has 0 atom stereocenters. The molecule has 24 heavy (non-hydrogen) atoms. The van der Waals surface area contributed by atoms with Gasteiger partial charge in [0.1, 0.15) is 0 Å². The highest BCUT2D eigenvalue weighted by Crippen LogP contribution is 2.24. The average molecular weight is 317 g/mol. The molecule has 0 spiro atoms. The second-order valence-electron chi connectivity index (χ2n) is 5.84. The third-order valence-electron chi connectivity index (χ3n) is 4.44. The molecule has 1 amide bonds. The van der Waals surface area contributed by atoms with E-state index in [1.165, 1.54) is 22.2 Å². The topological polar surface area (TPSA) is 57.8 Å². The van der Waals surface area contributed by atoms with Gasteiger partial charge in [-0.1, -0.05) is 24.3 Å². The molecule has 0 aliphatic rings. The summed E-state index contributed by atoms with van der Waals surface area (Å²) in [6, 6.07) is 17.1. The molecule has 0 saturated heterocycles. The molecule has 1 heterocycles. The lowest BCUT2D eigenvalue weighted by molar-refractivity contribution is 0.0954. The summed E-state index contributed by atoms with van der Waals surface area (Å²) >= 11 is 0. The van der Waals surface area contributed by atoms with Gasteiger partial charge in [-0.2, -0.15) is 5.26 Å². The second-order valence-corrected chi connectivity index (χ2v) is 5.84. The molecule has 1 N–H and O–H groups in total. The molecular formula is C20H19N3O. The van der Waals surface area contributed by atoms with Crippen LogP contribution in [0.15, 0.2) is 48.5 Å². The lowest BCUT2D eigenvalue weighted by atomic mass is 10.1. The number of nitrogens with one attached hydrogen (secondary N) is 1. The molecule has 4 nitrogen and oxygen atoms in total. The molecule has 0 aliphatic carbocycles. The van der Waals surface area contributed by atoms with E-state index in [-0.39, 0.29) is 5.91 Å². The van der Waals surface area contributed by atoms with Crippen molar-refractivity contribution >= 4 is 16.8 Å². The van der Waals surface area contributed by atoms with Crippen molar-refractivity contribution in [3.63, 3.8) is 0 Å². The van der Waals surface area contributed by atoms with Crippen molar-refractivity contribution in [1.29, 1.82) is 5.26 Å². The number of nitrogens with zero attached hydrogens (tertiary/aromatic N) is 2. The number of hydrogen-bond donors (Lipinski definition) is 1. The summed E-state index contributed by atoms with van der Waals surface area (Å²) < 4.78 is 2.18. The number of hydrogen-bond acceptors (Lipinski definition) is 2. The summed E-state index contributed by atoms with van der Waals surface area (Å²) in [5.74, 6) is -0.148. The van der Waals surface area contributed by atoms with Gasteiger partial charge in [-0.25, -0.2) is 0 Å². The highest BCUT2D eigenvalue weighted by Gasteiger charge is 2.12. The van der Waals surface area contributed by atoms with E-state index in [1.807, 2.05) is 12.1 Å². The summed E-state index contributed by atoms with van der Waals surface area (Å²) in [4.78, 5) is 12.2. The maximum atomic E-state index is 12.2. The van der Waals surface area contributed by atoms with E-state index in [2.05, 4.69) is 42.1 Å². The van der Waals surface area contributed by atoms with Gasteiger partial charge in [0.2, 0.25) is 0 Å². The zero-order chi connectivity index (χ0) is 17.1. The lowest BCUT2D eigenvalue weighted by Crippen LogP contribution is -2.25. The van der Waals surface area contributed by atoms with E-state index >= 15 is 0 Å². The molecule has 0 radical (unpaired) electrons. The van der Waals surface area contributed by atoms with Gasteiger partial charge in [-0.05, 0) is 43.2 Å². The van der Waals surface area contributed by atoms with Gasteiger partial charge in [0, 0.05) is 35.8 Å². The third-order valence-corrected chi connectivity index (χ3v) is 4.44. The SMILES string of the molecule is Cc1c(CCNC(=O)c2cccc(C#N)c2)c2ccccc2n1C. The fraction of sp³-hybridized carbons (Fsp3) is 0.200. The average Bonchev–Trinajstić information content (AvgIpc) is 2.87. The largest absolute Gasteiger partial charge is 0.352 e. The van der Waals surface area contributed by atoms with Gasteiger partial charge in [0.25, 0.3) is 5.91 Å². The van der Waals surface area contributed by atoms with E-state index in [0.717, 1.165) is 6.42 Å². The van der Waals surface area contributed by atoms with Crippen LogP contribution < -0.4 is 5.32 Å². The van der Waals surface area contributed by atoms with Gasteiger partial charge in [-0.3, -0.25) is 4.79 Å². The van der Waals surface area contributed by atoms with Crippen LogP contribution in [0.5, 0.6) is 0 Å². The predicted octanol–water partition coefficient (Wildman–Crippen LogP) is 3.33. The highest BCUT2D eigenvalue weighted by atomic mass is 16.1. The molecule has 0 bridgehead atoms. The molecule has 0 aliphatic heterocycles. The summed E-state index contributed by atoms with van der Waals surface area (Å²) in [6.07, 6.45) is 0.775. The van der Waals surface area contributed by atoms with Crippen LogP contribution in [0.3, 0.4) is 0 Å². The van der Waals surface area contributed by atoms with Gasteiger partial charge < -0.3 is 9.88 Å². The van der Waals surface area contributed by atoms with Crippen molar-refractivity contribution in [2.75, 3.05) is 6.54 Å². The van der Waals surface area contributed by atoms with Gasteiger partial charge in [0.15, 0.2) is 0 Å². The Hall–Kier alpha value is -3.06. The quantitative estimate of drug-likeness (QED) is 0.802. The summed E-state index contributed by atoms with van der Waals surface area (Å²) in [7, 11) is 2.06. The number of fused-ring (bicyclic) bond motifs is 1. The van der Waals surface area contributed by atoms with Crippen molar-refractivity contribution < 1.29 is 4.79 Å². The van der Waals surface area contributed by atoms with Crippen molar-refractivity contribution in [2.24, 2.45) is 7.05 Å². The smallest absolute Gasteiger partial charge is 0.251 e. The van der Waals surface area contributed by atoms with E-state index in [9.17, 15) is 4.79 Å². The number of benzene rings is 2. The second kappa shape index (κ2) is 6.59. The Morgan fingerprint density at radius 3 is 2.79 bits per heavy atom. The number of carbonyl (C=O) groups excluding carboxylic acids is 1. The zero-order valence-corrected chi connectivity index (χ0v) is 13.8. The monoisotopic (exact) mass is 317 g/mol. The number of carbonyl (C=O) groups is 1. The van der Waals surface area contributed by atoms with Crippen molar-refractivity contribution in [3.8, 4) is 6.07 Å². The van der Waals surface area contributed by atoms with Gasteiger partial charge in [0.05, 0.1) is 11.6 Å². The first-order chi connectivity index (χ1) is 11.6. The fourth-order valence-electron chi connectivity index (χ4n) is 3.05. The predicted molar refractivity (Wildman–Crippen MR) is 94.9 cm³/mol. The van der Waals surface area contributed by atoms with Gasteiger partial charge >= 0.3 is 0 Å². The number of amides is 1. The summed E-state index contributed by atoms with van der Waals surface area (Å²) in [5.41, 5.74) is 4.70. The molecular weight excluding hydrogens is 298 g/mol. The Morgan fingerprint density at radius 1 is 1.21 bits per heavy atom. The minimum absolute atomic E-state index is 0.148. The van der Waals surface area contributed by atoms with Crippen LogP contribution in [-0.2, 0) is 13.5 Å². The number of aryl methyl sites for hydroxylation is 1. The third kappa shape index (κ3) is 2.89. The van der Waals surface area contributed by atoms with Crippen LogP contribution in [0.4, 0.5) is 0 Å². The molecule has 3 aromatic rings. The van der Waals surface area contributed by atoms with E-state index in [4.69, 9.17) is 5.26 Å². The van der Waals surface area contributed by atoms with E-state index < -0.39 is 0 Å². The zero-order valence-electron chi connectivity index (χ0n) is 13.8. The highest BCUT2D eigenvalue weighted by molar-refractivity contribution is 5.94. The standard InChI is InChI=1S/C20H19N3O/c1-14-17(18-8-3-4-9-19(18)23(14)2)10-11-22-20(24)16-7-5-6-15(12-16)13-21/h3-9,12H,10-11H2,1-2H3,(H,22,24). The Balaban J connectivity index is 1.72. The maximum Gasteiger partial charge on any atom is 0.251 e. The van der Waals surface area contributed by atoms with Gasteiger partial charge in [-0.15, -0.1) is 0 Å². The van der Waals surface area contributed by atoms with E-state index in [0.29, 0.717) is 17.7 Å². The van der Waals surface area contributed by atoms with Crippen molar-refractivity contribution in [1.82, 2.24) is 9.88 Å². The maximum absolute atomic E-state index is 12.2. The van der Waals surface area contributed by atoms with Crippen LogP contribution in [0.2, 0.25) is 0 Å². The number of para-hydroxylation sites is 1. The number of aromatic nitrogens is 1. The number of rotatable bonds is 4. The Bertz CT molecular complexity index is 947. The molecule has 120 valence electrons. The van der Waals surface area contributed by atoms with Crippen LogP contribution >= 0.6 is 0 Å². The first kappa shape index (κ1) is 15.8. The van der Waals surface area contributed by atoms with Crippen LogP contribution in [-0.4, -0.2) is 17.0 Å². The molecule has 0 unspecified atom stereocenters. The lowest BCUT2D eigenvalue weighted by Gasteiger charge is -2.06. The first-order valence-electron chi connectivity index (χ1n) is 7.93. The Morgan fingerprint density at radius 2 is 2.00 bits per heavy atom. The fourth-order valence-corrected chi connectivity index (χ4v) is 3.05. The van der Waals surface area contributed by atoms with Crippen LogP contribution in [0, 0.1) is 18.3 Å². The minimum atomic E-state index is -0.148. The first-order valence-corrected chi connectivity index (χ1v) is 7.93. The van der Waals surface area contributed by atoms with Crippen LogP contribution in [0.1, 0.15) is 27.2 Å². The molecule has 3 rings (SSSR count). The summed E-state index contributed by atoms with van der Waals surface area (Å²) in [6.45, 7) is 2.66. The normalized spacial score (nSPS) is 10.5. The molecule has 1 aromatic heterocycles. The molecule has 0 saturated carbocycles. The molecule has 4 heteroatoms. The minimum Gasteiger partial charge on any atom is -0.352 e. The van der Waals surface area contributed by atoms with Crippen LogP contribution in [0.25, 0.3) is 10.9 Å². The number of nitriles is 1. The van der Waals surface area contributed by atoms with E-state index in [1.54, 1.807) is 24.3 Å². The Kier molecular flexibility index (Phi) is 4.35. The van der Waals surface area contributed by atoms with Crippen molar-refractivity contribution in [3.05, 3.63) is 70.9 Å². The molecule has 2 aromatic carbocycles. The van der Waals surface area contributed by atoms with Crippen molar-refractivity contribution in [2.45, 2.75) is 13.3 Å². The Labute approximate surface area is 141 Å². The summed E-state index contributed by atoms with van der Waals surface area (Å²) in [5, 5.41) is 13.1. The molecule has 0 fully saturated rings.